The lowest BCUT2D eigenvalue weighted by atomic mass is 9.71. The normalized spacial score (nSPS) is 24.0. The Hall–Kier alpha value is -5.12. The van der Waals surface area contributed by atoms with Gasteiger partial charge in [-0.15, -0.1) is 0 Å². The first kappa shape index (κ1) is 30.2. The summed E-state index contributed by atoms with van der Waals surface area (Å²) in [6.07, 6.45) is 0.850. The van der Waals surface area contributed by atoms with Crippen LogP contribution in [0.4, 0.5) is 0 Å². The second-order valence-electron chi connectivity index (χ2n) is 13.1. The van der Waals surface area contributed by atoms with Crippen LogP contribution in [0.1, 0.15) is 52.4 Å². The SMILES string of the molecule is COc1c(C)cc2c(c1O)[C@@H]1[C@@H]3Cc4c(OC(C)=O)c(C)c5c(c4[C@H](Cn4c(O)c6ccccc6c4O)N3[C@@H](C#N)[C@H](C2)N1C)OCO5. The summed E-state index contributed by atoms with van der Waals surface area (Å²) in [4.78, 5) is 16.9. The highest BCUT2D eigenvalue weighted by Crippen LogP contribution is 2.59. The van der Waals surface area contributed by atoms with E-state index in [9.17, 15) is 25.4 Å². The van der Waals surface area contributed by atoms with Gasteiger partial charge in [0, 0.05) is 58.6 Å². The molecule has 248 valence electrons. The van der Waals surface area contributed by atoms with Crippen molar-refractivity contribution < 1.29 is 39.1 Å². The van der Waals surface area contributed by atoms with Gasteiger partial charge in [0.05, 0.1) is 25.3 Å². The molecular formula is C36H36N4O8. The van der Waals surface area contributed by atoms with Gasteiger partial charge in [-0.1, -0.05) is 18.2 Å². The van der Waals surface area contributed by atoms with Crippen molar-refractivity contribution in [2.45, 2.75) is 70.4 Å². The van der Waals surface area contributed by atoms with Crippen LogP contribution in [0.15, 0.2) is 30.3 Å². The molecule has 12 nitrogen and oxygen atoms in total. The highest BCUT2D eigenvalue weighted by Gasteiger charge is 2.57. The average molecular weight is 653 g/mol. The van der Waals surface area contributed by atoms with E-state index in [1.54, 1.807) is 24.3 Å². The highest BCUT2D eigenvalue weighted by molar-refractivity contribution is 5.92. The van der Waals surface area contributed by atoms with E-state index < -0.39 is 30.1 Å². The minimum atomic E-state index is -0.665. The van der Waals surface area contributed by atoms with Gasteiger partial charge in [-0.3, -0.25) is 19.2 Å². The number of aromatic hydroxyl groups is 3. The lowest BCUT2D eigenvalue weighted by molar-refractivity contribution is -0.132. The summed E-state index contributed by atoms with van der Waals surface area (Å²) in [6.45, 7) is 5.05. The number of ether oxygens (including phenoxy) is 4. The molecule has 12 heteroatoms. The number of phenols is 1. The maximum absolute atomic E-state index is 12.6. The first-order chi connectivity index (χ1) is 23.1. The third kappa shape index (κ3) is 3.98. The Bertz CT molecular complexity index is 2040. The van der Waals surface area contributed by atoms with E-state index in [1.807, 2.05) is 27.0 Å². The predicted molar refractivity (Wildman–Crippen MR) is 173 cm³/mol. The van der Waals surface area contributed by atoms with Crippen molar-refractivity contribution in [3.8, 4) is 46.6 Å². The molecule has 4 aromatic rings. The molecule has 0 unspecified atom stereocenters. The summed E-state index contributed by atoms with van der Waals surface area (Å²) in [7, 11) is 3.51. The van der Waals surface area contributed by atoms with Crippen LogP contribution in [0.25, 0.3) is 10.8 Å². The summed E-state index contributed by atoms with van der Waals surface area (Å²) in [5.74, 6) is 1.03. The molecule has 48 heavy (non-hydrogen) atoms. The number of fused-ring (bicyclic) bond motifs is 10. The largest absolute Gasteiger partial charge is 0.504 e. The van der Waals surface area contributed by atoms with E-state index in [4.69, 9.17) is 18.9 Å². The van der Waals surface area contributed by atoms with Crippen molar-refractivity contribution in [2.24, 2.45) is 0 Å². The number of hydrogen-bond acceptors (Lipinski definition) is 11. The summed E-state index contributed by atoms with van der Waals surface area (Å²) in [5, 5.41) is 46.6. The molecule has 3 N–H and O–H groups in total. The van der Waals surface area contributed by atoms with E-state index in [0.717, 1.165) is 16.7 Å². The Labute approximate surface area is 276 Å². The minimum absolute atomic E-state index is 0.0333. The number of carbonyl (C=O) groups excluding carboxylic acids is 1. The lowest BCUT2D eigenvalue weighted by Gasteiger charge is -2.60. The van der Waals surface area contributed by atoms with Crippen LogP contribution in [0.2, 0.25) is 0 Å². The van der Waals surface area contributed by atoms with Crippen LogP contribution in [-0.4, -0.2) is 74.7 Å². The van der Waals surface area contributed by atoms with E-state index in [0.29, 0.717) is 63.3 Å². The van der Waals surface area contributed by atoms with Gasteiger partial charge >= 0.3 is 5.97 Å². The molecule has 4 aliphatic heterocycles. The number of nitrogens with zero attached hydrogens (tertiary/aromatic N) is 4. The van der Waals surface area contributed by atoms with Crippen molar-refractivity contribution in [3.63, 3.8) is 0 Å². The summed E-state index contributed by atoms with van der Waals surface area (Å²) in [6, 6.07) is 9.32. The maximum Gasteiger partial charge on any atom is 0.308 e. The van der Waals surface area contributed by atoms with Gasteiger partial charge in [0.25, 0.3) is 0 Å². The first-order valence-electron chi connectivity index (χ1n) is 16.0. The van der Waals surface area contributed by atoms with E-state index >= 15 is 0 Å². The fourth-order valence-corrected chi connectivity index (χ4v) is 8.90. The Balaban J connectivity index is 1.42. The lowest BCUT2D eigenvalue weighted by Crippen LogP contribution is -2.68. The number of phenolic OH excluding ortho intramolecular Hbond substituents is 1. The number of esters is 1. The number of hydrogen-bond donors (Lipinski definition) is 3. The van der Waals surface area contributed by atoms with Crippen molar-refractivity contribution in [1.82, 2.24) is 14.4 Å². The molecular weight excluding hydrogens is 616 g/mol. The van der Waals surface area contributed by atoms with Gasteiger partial charge in [-0.05, 0) is 57.0 Å². The topological polar surface area (TPSA) is 150 Å². The fourth-order valence-electron chi connectivity index (χ4n) is 8.90. The van der Waals surface area contributed by atoms with Gasteiger partial charge < -0.3 is 34.3 Å². The first-order valence-corrected chi connectivity index (χ1v) is 16.0. The second kappa shape index (κ2) is 10.7. The Morgan fingerprint density at radius 2 is 1.71 bits per heavy atom. The van der Waals surface area contributed by atoms with Crippen molar-refractivity contribution in [2.75, 3.05) is 21.0 Å². The van der Waals surface area contributed by atoms with Gasteiger partial charge in [-0.25, -0.2) is 0 Å². The quantitative estimate of drug-likeness (QED) is 0.211. The molecule has 2 bridgehead atoms. The molecule has 0 spiro atoms. The van der Waals surface area contributed by atoms with Crippen LogP contribution in [0.5, 0.6) is 40.5 Å². The molecule has 5 atom stereocenters. The fraction of sp³-hybridized carbons (Fsp3) is 0.389. The third-order valence-corrected chi connectivity index (χ3v) is 10.8. The smallest absolute Gasteiger partial charge is 0.308 e. The van der Waals surface area contributed by atoms with Crippen LogP contribution < -0.4 is 18.9 Å². The molecule has 3 aromatic carbocycles. The van der Waals surface area contributed by atoms with Crippen LogP contribution in [-0.2, 0) is 24.2 Å². The molecule has 0 amide bonds. The van der Waals surface area contributed by atoms with Gasteiger partial charge in [0.15, 0.2) is 23.0 Å². The summed E-state index contributed by atoms with van der Waals surface area (Å²) in [5.41, 5.74) is 4.49. The molecule has 5 heterocycles. The van der Waals surface area contributed by atoms with Gasteiger partial charge in [0.1, 0.15) is 11.8 Å². The number of aryl methyl sites for hydroxylation is 1. The maximum atomic E-state index is 12.6. The number of piperazine rings is 1. The highest BCUT2D eigenvalue weighted by atomic mass is 16.7. The predicted octanol–water partition coefficient (Wildman–Crippen LogP) is 4.51. The summed E-state index contributed by atoms with van der Waals surface area (Å²) >= 11 is 0. The molecule has 8 rings (SSSR count). The van der Waals surface area contributed by atoms with E-state index in [2.05, 4.69) is 15.9 Å². The van der Waals surface area contributed by atoms with Crippen molar-refractivity contribution >= 4 is 16.7 Å². The Morgan fingerprint density at radius 3 is 2.35 bits per heavy atom. The standard InChI is InChI=1S/C36H36N4O8/c1-16-10-19-11-23-25(13-37)40-24(29(38(23)4)27(19)30(42)31(16)45-5)12-22-28(34-33(46-15-47-34)17(2)32(22)48-18(3)41)26(40)14-39-35(43)20-8-6-7-9-21(20)36(39)44/h6-10,23-26,29,42-44H,11-12,14-15H2,1-5H3/t23-,24-,25-,26-,29-/m0/s1. The minimum Gasteiger partial charge on any atom is -0.504 e. The molecule has 4 aliphatic rings. The van der Waals surface area contributed by atoms with Crippen LogP contribution >= 0.6 is 0 Å². The molecule has 0 radical (unpaired) electrons. The van der Waals surface area contributed by atoms with E-state index in [1.165, 1.54) is 18.6 Å². The van der Waals surface area contributed by atoms with Crippen molar-refractivity contribution in [1.29, 1.82) is 5.26 Å². The molecule has 1 aromatic heterocycles. The second-order valence-corrected chi connectivity index (χ2v) is 13.1. The third-order valence-electron chi connectivity index (χ3n) is 10.8. The number of likely N-dealkylation sites (N-methyl/N-ethyl adjacent to an activating group) is 1. The number of aromatic nitrogens is 1. The number of methoxy groups -OCH3 is 1. The summed E-state index contributed by atoms with van der Waals surface area (Å²) < 4.78 is 25.1. The number of benzene rings is 3. The molecule has 1 saturated heterocycles. The van der Waals surface area contributed by atoms with Crippen LogP contribution in [0, 0.1) is 25.2 Å². The Kier molecular flexibility index (Phi) is 6.74. The zero-order chi connectivity index (χ0) is 33.8. The molecule has 1 fully saturated rings. The van der Waals surface area contributed by atoms with Gasteiger partial charge in [0.2, 0.25) is 18.6 Å². The van der Waals surface area contributed by atoms with Gasteiger partial charge in [-0.2, -0.15) is 5.26 Å². The molecule has 0 saturated carbocycles. The number of carbonyl (C=O) groups is 1. The van der Waals surface area contributed by atoms with Crippen molar-refractivity contribution in [3.05, 3.63) is 63.7 Å². The molecule has 0 aliphatic carbocycles. The zero-order valence-electron chi connectivity index (χ0n) is 27.3. The number of rotatable bonds is 4. The van der Waals surface area contributed by atoms with E-state index in [-0.39, 0.29) is 36.9 Å². The van der Waals surface area contributed by atoms with Crippen LogP contribution in [0.3, 0.4) is 0 Å². The zero-order valence-corrected chi connectivity index (χ0v) is 27.3. The number of nitriles is 1. The average Bonchev–Trinajstić information content (AvgIpc) is 3.64. The monoisotopic (exact) mass is 652 g/mol. The Morgan fingerprint density at radius 1 is 1.02 bits per heavy atom.